The lowest BCUT2D eigenvalue weighted by atomic mass is 10.1. The highest BCUT2D eigenvalue weighted by Gasteiger charge is 2.41. The highest BCUT2D eigenvalue weighted by atomic mass is 79.9. The molecule has 1 aliphatic rings. The molecule has 1 N–H and O–H groups in total. The summed E-state index contributed by atoms with van der Waals surface area (Å²) in [4.78, 5) is 26.8. The molecule has 3 aromatic rings. The van der Waals surface area contributed by atoms with Crippen molar-refractivity contribution in [3.63, 3.8) is 0 Å². The van der Waals surface area contributed by atoms with Crippen LogP contribution in [0.4, 0.5) is 4.39 Å². The van der Waals surface area contributed by atoms with Gasteiger partial charge in [-0.15, -0.1) is 0 Å². The summed E-state index contributed by atoms with van der Waals surface area (Å²) in [5.74, 6) is -1.48. The molecule has 0 bridgehead atoms. The number of hydrogen-bond donors (Lipinski definition) is 1. The van der Waals surface area contributed by atoms with Gasteiger partial charge in [0.05, 0.1) is 21.0 Å². The zero-order chi connectivity index (χ0) is 27.4. The second-order valence-corrected chi connectivity index (χ2v) is 10.9. The van der Waals surface area contributed by atoms with Crippen LogP contribution in [0.25, 0.3) is 6.08 Å². The molecule has 1 unspecified atom stereocenters. The first-order valence-corrected chi connectivity index (χ1v) is 13.7. The molecule has 11 heteroatoms. The lowest BCUT2D eigenvalue weighted by molar-refractivity contribution is -0.145. The Morgan fingerprint density at radius 2 is 1.95 bits per heavy atom. The zero-order valence-corrected chi connectivity index (χ0v) is 23.8. The molecule has 1 heterocycles. The maximum absolute atomic E-state index is 14.2. The normalized spacial score (nSPS) is 15.2. The fourth-order valence-corrected chi connectivity index (χ4v) is 5.88. The molecular weight excluding hydrogens is 617 g/mol. The van der Waals surface area contributed by atoms with Gasteiger partial charge in [-0.2, -0.15) is 0 Å². The minimum Gasteiger partial charge on any atom is -0.490 e. The molecule has 1 atom stereocenters. The number of carboxylic acids is 1. The van der Waals surface area contributed by atoms with Gasteiger partial charge in [-0.1, -0.05) is 72.0 Å². The predicted octanol–water partition coefficient (Wildman–Crippen LogP) is 7.25. The summed E-state index contributed by atoms with van der Waals surface area (Å²) >= 11 is 16.0. The minimum atomic E-state index is -1.25. The lowest BCUT2D eigenvalue weighted by Gasteiger charge is -2.23. The third-order valence-electron chi connectivity index (χ3n) is 5.48. The van der Waals surface area contributed by atoms with Crippen molar-refractivity contribution in [1.29, 1.82) is 0 Å². The Morgan fingerprint density at radius 3 is 2.61 bits per heavy atom. The lowest BCUT2D eigenvalue weighted by Crippen LogP contribution is -2.37. The van der Waals surface area contributed by atoms with Gasteiger partial charge < -0.3 is 14.6 Å². The van der Waals surface area contributed by atoms with Crippen LogP contribution in [0.3, 0.4) is 0 Å². The maximum Gasteiger partial charge on any atom is 0.331 e. The van der Waals surface area contributed by atoms with Crippen LogP contribution >= 0.6 is 51.5 Å². The van der Waals surface area contributed by atoms with E-state index < -0.39 is 23.7 Å². The smallest absolute Gasteiger partial charge is 0.331 e. The Hall–Kier alpha value is -2.92. The van der Waals surface area contributed by atoms with Crippen LogP contribution in [0.15, 0.2) is 70.0 Å². The number of ether oxygens (including phenoxy) is 2. The quantitative estimate of drug-likeness (QED) is 0.196. The first-order valence-electron chi connectivity index (χ1n) is 11.3. The monoisotopic (exact) mass is 635 g/mol. The molecule has 38 heavy (non-hydrogen) atoms. The number of hydrogen-bond acceptors (Lipinski definition) is 6. The molecule has 0 spiro atoms. The van der Waals surface area contributed by atoms with E-state index in [4.69, 9.17) is 33.3 Å². The van der Waals surface area contributed by atoms with Gasteiger partial charge in [-0.3, -0.25) is 9.69 Å². The van der Waals surface area contributed by atoms with Gasteiger partial charge in [0.2, 0.25) is 0 Å². The van der Waals surface area contributed by atoms with Crippen molar-refractivity contribution in [2.24, 2.45) is 0 Å². The van der Waals surface area contributed by atoms with Gasteiger partial charge in [0.15, 0.2) is 17.5 Å². The average molecular weight is 637 g/mol. The van der Waals surface area contributed by atoms with E-state index in [9.17, 15) is 19.1 Å². The predicted molar refractivity (Wildman–Crippen MR) is 153 cm³/mol. The molecule has 196 valence electrons. The van der Waals surface area contributed by atoms with E-state index in [-0.39, 0.29) is 26.4 Å². The molecule has 0 saturated carbocycles. The summed E-state index contributed by atoms with van der Waals surface area (Å²) in [5.41, 5.74) is 1.24. The topological polar surface area (TPSA) is 76.1 Å². The Kier molecular flexibility index (Phi) is 9.09. The fourth-order valence-electron chi connectivity index (χ4n) is 3.78. The second kappa shape index (κ2) is 12.3. The van der Waals surface area contributed by atoms with Crippen molar-refractivity contribution < 1.29 is 28.6 Å². The summed E-state index contributed by atoms with van der Waals surface area (Å²) in [6.45, 7) is 2.00. The van der Waals surface area contributed by atoms with Crippen molar-refractivity contribution in [3.8, 4) is 11.5 Å². The van der Waals surface area contributed by atoms with Crippen LogP contribution in [-0.2, 0) is 16.2 Å². The van der Waals surface area contributed by atoms with Gasteiger partial charge in [-0.25, -0.2) is 9.18 Å². The Labute approximate surface area is 241 Å². The number of halogens is 3. The molecule has 0 aliphatic carbocycles. The highest BCUT2D eigenvalue weighted by molar-refractivity contribution is 9.10. The third-order valence-corrected chi connectivity index (χ3v) is 7.76. The van der Waals surface area contributed by atoms with Crippen molar-refractivity contribution in [2.75, 3.05) is 6.61 Å². The molecule has 1 aliphatic heterocycles. The SMILES string of the molecule is CCOc1cc(/C=C2/SC(=S)N(C(C(=O)O)c3ccccc3)C2=O)cc(Br)c1OCc1c(F)cccc1Cl. The van der Waals surface area contributed by atoms with E-state index in [1.54, 1.807) is 61.5 Å². The largest absolute Gasteiger partial charge is 0.490 e. The summed E-state index contributed by atoms with van der Waals surface area (Å²) in [5, 5.41) is 10.1. The van der Waals surface area contributed by atoms with Gasteiger partial charge in [0.1, 0.15) is 16.7 Å². The van der Waals surface area contributed by atoms with Crippen LogP contribution in [0.2, 0.25) is 5.02 Å². The van der Waals surface area contributed by atoms with Gasteiger partial charge in [-0.05, 0) is 64.3 Å². The highest BCUT2D eigenvalue weighted by Crippen LogP contribution is 2.42. The molecule has 1 fully saturated rings. The Bertz CT molecular complexity index is 1420. The van der Waals surface area contributed by atoms with E-state index in [1.807, 2.05) is 0 Å². The van der Waals surface area contributed by atoms with Gasteiger partial charge in [0, 0.05) is 5.56 Å². The van der Waals surface area contributed by atoms with Crippen LogP contribution in [0, 0.1) is 5.82 Å². The number of aliphatic carboxylic acids is 1. The third kappa shape index (κ3) is 6.04. The number of nitrogens with zero attached hydrogens (tertiary/aromatic N) is 1. The van der Waals surface area contributed by atoms with Gasteiger partial charge in [0.25, 0.3) is 5.91 Å². The molecule has 6 nitrogen and oxygen atoms in total. The molecule has 1 amide bonds. The van der Waals surface area contributed by atoms with Crippen molar-refractivity contribution in [1.82, 2.24) is 4.90 Å². The number of benzene rings is 3. The summed E-state index contributed by atoms with van der Waals surface area (Å²) in [6, 6.07) is 15.0. The number of rotatable bonds is 9. The number of carbonyl (C=O) groups excluding carboxylic acids is 1. The van der Waals surface area contributed by atoms with E-state index in [0.29, 0.717) is 33.7 Å². The van der Waals surface area contributed by atoms with E-state index >= 15 is 0 Å². The Morgan fingerprint density at radius 1 is 1.21 bits per heavy atom. The maximum atomic E-state index is 14.2. The van der Waals surface area contributed by atoms with Crippen molar-refractivity contribution in [3.05, 3.63) is 97.6 Å². The van der Waals surface area contributed by atoms with E-state index in [2.05, 4.69) is 15.9 Å². The van der Waals surface area contributed by atoms with Gasteiger partial charge >= 0.3 is 5.97 Å². The fraction of sp³-hybridized carbons (Fsp3) is 0.148. The number of carbonyl (C=O) groups is 2. The molecule has 1 saturated heterocycles. The van der Waals surface area contributed by atoms with Crippen molar-refractivity contribution in [2.45, 2.75) is 19.6 Å². The first-order chi connectivity index (χ1) is 18.2. The van der Waals surface area contributed by atoms with Crippen LogP contribution in [0.5, 0.6) is 11.5 Å². The van der Waals surface area contributed by atoms with Crippen LogP contribution in [0.1, 0.15) is 29.7 Å². The minimum absolute atomic E-state index is 0.127. The molecule has 0 aromatic heterocycles. The number of carboxylic acid groups (broad SMARTS) is 1. The second-order valence-electron chi connectivity index (χ2n) is 7.96. The van der Waals surface area contributed by atoms with Crippen LogP contribution < -0.4 is 9.47 Å². The summed E-state index contributed by atoms with van der Waals surface area (Å²) in [7, 11) is 0. The molecule has 3 aromatic carbocycles. The van der Waals surface area contributed by atoms with Crippen LogP contribution in [-0.4, -0.2) is 32.8 Å². The summed E-state index contributed by atoms with van der Waals surface area (Å²) in [6.07, 6.45) is 1.61. The zero-order valence-electron chi connectivity index (χ0n) is 19.8. The molecular formula is C27H20BrClFNO5S2. The van der Waals surface area contributed by atoms with E-state index in [1.165, 1.54) is 12.1 Å². The number of thiocarbonyl (C=S) groups is 1. The Balaban J connectivity index is 1.63. The van der Waals surface area contributed by atoms with E-state index in [0.717, 1.165) is 16.7 Å². The number of amides is 1. The number of thioether (sulfide) groups is 1. The average Bonchev–Trinajstić information content (AvgIpc) is 3.13. The first kappa shape index (κ1) is 28.1. The van der Waals surface area contributed by atoms with Crippen molar-refractivity contribution >= 4 is 73.8 Å². The molecule has 0 radical (unpaired) electrons. The summed E-state index contributed by atoms with van der Waals surface area (Å²) < 4.78 is 26.5. The molecule has 4 rings (SSSR count). The standard InChI is InChI=1S/C27H20BrClFNO5S2/c1-2-35-21-12-15(11-18(28)24(21)36-14-17-19(29)9-6-10-20(17)30)13-22-25(32)31(27(37)38-22)23(26(33)34)16-7-4-3-5-8-16/h3-13,23H,2,14H2,1H3,(H,33,34)/b22-13+.